The highest BCUT2D eigenvalue weighted by molar-refractivity contribution is 6.28. The van der Waals surface area contributed by atoms with Crippen molar-refractivity contribution in [1.29, 1.82) is 0 Å². The van der Waals surface area contributed by atoms with Crippen molar-refractivity contribution >= 4 is 17.5 Å². The molecule has 7 nitrogen and oxygen atoms in total. The third kappa shape index (κ3) is 5.61. The van der Waals surface area contributed by atoms with Crippen LogP contribution < -0.4 is 10.1 Å². The van der Waals surface area contributed by atoms with Crippen LogP contribution in [0.25, 0.3) is 0 Å². The van der Waals surface area contributed by atoms with Crippen LogP contribution in [0.2, 0.25) is 5.28 Å². The van der Waals surface area contributed by atoms with Crippen LogP contribution in [-0.4, -0.2) is 64.8 Å². The highest BCUT2D eigenvalue weighted by Gasteiger charge is 2.15. The molecule has 0 aromatic carbocycles. The molecule has 1 aliphatic rings. The van der Waals surface area contributed by atoms with Crippen LogP contribution in [0.15, 0.2) is 0 Å². The van der Waals surface area contributed by atoms with Crippen LogP contribution in [0.4, 0.5) is 5.95 Å². The zero-order valence-corrected chi connectivity index (χ0v) is 13.4. The van der Waals surface area contributed by atoms with Crippen molar-refractivity contribution < 1.29 is 9.47 Å². The average Bonchev–Trinajstić information content (AvgIpc) is 2.37. The molecular weight excluding hydrogens is 294 g/mol. The summed E-state index contributed by atoms with van der Waals surface area (Å²) in [4.78, 5) is 14.6. The van der Waals surface area contributed by atoms with E-state index in [1.54, 1.807) is 0 Å². The van der Waals surface area contributed by atoms with Crippen molar-refractivity contribution in [2.45, 2.75) is 32.9 Å². The van der Waals surface area contributed by atoms with Gasteiger partial charge in [-0.2, -0.15) is 15.0 Å². The van der Waals surface area contributed by atoms with Gasteiger partial charge >= 0.3 is 6.01 Å². The molecule has 118 valence electrons. The number of morpholine rings is 1. The van der Waals surface area contributed by atoms with Gasteiger partial charge in [-0.05, 0) is 32.4 Å². The second-order valence-electron chi connectivity index (χ2n) is 5.34. The summed E-state index contributed by atoms with van der Waals surface area (Å²) in [5, 5.41) is 3.36. The first-order valence-electron chi connectivity index (χ1n) is 7.18. The highest BCUT2D eigenvalue weighted by atomic mass is 35.5. The van der Waals surface area contributed by atoms with Crippen LogP contribution in [0, 0.1) is 0 Å². The van der Waals surface area contributed by atoms with Gasteiger partial charge in [0.1, 0.15) is 0 Å². The number of ether oxygens (including phenoxy) is 2. The molecular formula is C13H22ClN5O2. The Morgan fingerprint density at radius 2 is 1.95 bits per heavy atom. The minimum atomic E-state index is -0.0120. The maximum absolute atomic E-state index is 5.90. The van der Waals surface area contributed by atoms with Crippen LogP contribution in [-0.2, 0) is 4.74 Å². The van der Waals surface area contributed by atoms with Gasteiger partial charge in [0.15, 0.2) is 0 Å². The van der Waals surface area contributed by atoms with E-state index in [0.717, 1.165) is 32.8 Å². The molecule has 8 heteroatoms. The van der Waals surface area contributed by atoms with E-state index in [2.05, 4.69) is 32.1 Å². The number of nitrogens with one attached hydrogen (secondary N) is 1. The summed E-state index contributed by atoms with van der Waals surface area (Å²) in [7, 11) is 0. The van der Waals surface area contributed by atoms with Crippen molar-refractivity contribution in [2.24, 2.45) is 0 Å². The molecule has 1 aromatic rings. The molecule has 0 bridgehead atoms. The SMILES string of the molecule is CC(CN1CCOCC1)Nc1nc(Cl)nc(OC(C)C)n1. The maximum Gasteiger partial charge on any atom is 0.322 e. The molecule has 1 aliphatic heterocycles. The van der Waals surface area contributed by atoms with Gasteiger partial charge in [-0.1, -0.05) is 0 Å². The van der Waals surface area contributed by atoms with Gasteiger partial charge in [0, 0.05) is 25.7 Å². The Kier molecular flexibility index (Phi) is 5.96. The van der Waals surface area contributed by atoms with Gasteiger partial charge in [0.05, 0.1) is 19.3 Å². The first kappa shape index (κ1) is 16.2. The van der Waals surface area contributed by atoms with E-state index < -0.39 is 0 Å². The summed E-state index contributed by atoms with van der Waals surface area (Å²) in [5.41, 5.74) is 0. The van der Waals surface area contributed by atoms with E-state index >= 15 is 0 Å². The molecule has 0 amide bonds. The van der Waals surface area contributed by atoms with Crippen LogP contribution in [0.1, 0.15) is 20.8 Å². The Bertz CT molecular complexity index is 454. The van der Waals surface area contributed by atoms with Crippen LogP contribution >= 0.6 is 11.6 Å². The Hall–Kier alpha value is -1.18. The Balaban J connectivity index is 1.92. The number of anilines is 1. The summed E-state index contributed by atoms with van der Waals surface area (Å²) in [5.74, 6) is 0.436. The lowest BCUT2D eigenvalue weighted by Gasteiger charge is -2.29. The topological polar surface area (TPSA) is 72.4 Å². The van der Waals surface area contributed by atoms with Gasteiger partial charge in [-0.3, -0.25) is 4.90 Å². The standard InChI is InChI=1S/C13H22ClN5O2/c1-9(2)21-13-17-11(14)16-12(18-13)15-10(3)8-19-4-6-20-7-5-19/h9-10H,4-8H2,1-3H3,(H,15,16,17,18). The number of rotatable bonds is 6. The summed E-state index contributed by atoms with van der Waals surface area (Å²) in [6, 6.07) is 0.430. The largest absolute Gasteiger partial charge is 0.461 e. The number of nitrogens with zero attached hydrogens (tertiary/aromatic N) is 4. The molecule has 1 atom stereocenters. The highest BCUT2D eigenvalue weighted by Crippen LogP contribution is 2.13. The average molecular weight is 316 g/mol. The summed E-state index contributed by atoms with van der Waals surface area (Å²) in [6.45, 7) is 10.3. The molecule has 0 spiro atoms. The van der Waals surface area contributed by atoms with Crippen molar-refractivity contribution in [1.82, 2.24) is 19.9 Å². The second kappa shape index (κ2) is 7.72. The smallest absolute Gasteiger partial charge is 0.322 e. The lowest BCUT2D eigenvalue weighted by atomic mass is 10.3. The molecule has 1 aromatic heterocycles. The van der Waals surface area contributed by atoms with E-state index in [1.807, 2.05) is 13.8 Å². The first-order valence-corrected chi connectivity index (χ1v) is 7.55. The summed E-state index contributed by atoms with van der Waals surface area (Å²) >= 11 is 5.90. The second-order valence-corrected chi connectivity index (χ2v) is 5.67. The summed E-state index contributed by atoms with van der Waals surface area (Å²) < 4.78 is 10.8. The van der Waals surface area contributed by atoms with E-state index in [0.29, 0.717) is 5.95 Å². The number of halogens is 1. The lowest BCUT2D eigenvalue weighted by Crippen LogP contribution is -2.42. The van der Waals surface area contributed by atoms with E-state index in [9.17, 15) is 0 Å². The predicted molar refractivity (Wildman–Crippen MR) is 80.9 cm³/mol. The molecule has 2 rings (SSSR count). The molecule has 0 radical (unpaired) electrons. The Morgan fingerprint density at radius 3 is 2.62 bits per heavy atom. The van der Waals surface area contributed by atoms with Gasteiger partial charge in [0.25, 0.3) is 0 Å². The Morgan fingerprint density at radius 1 is 1.24 bits per heavy atom. The predicted octanol–water partition coefficient (Wildman–Crippen LogP) is 1.44. The molecule has 1 unspecified atom stereocenters. The molecule has 1 fully saturated rings. The number of hydrogen-bond donors (Lipinski definition) is 1. The third-order valence-corrected chi connectivity index (χ3v) is 3.11. The van der Waals surface area contributed by atoms with Gasteiger partial charge < -0.3 is 14.8 Å². The van der Waals surface area contributed by atoms with Gasteiger partial charge in [0.2, 0.25) is 11.2 Å². The van der Waals surface area contributed by atoms with Crippen molar-refractivity contribution in [3.8, 4) is 6.01 Å². The molecule has 2 heterocycles. The molecule has 0 saturated carbocycles. The fraction of sp³-hybridized carbons (Fsp3) is 0.769. The number of hydrogen-bond acceptors (Lipinski definition) is 7. The zero-order valence-electron chi connectivity index (χ0n) is 12.7. The molecule has 21 heavy (non-hydrogen) atoms. The first-order chi connectivity index (χ1) is 10.0. The van der Waals surface area contributed by atoms with E-state index in [4.69, 9.17) is 21.1 Å². The van der Waals surface area contributed by atoms with E-state index in [-0.39, 0.29) is 23.4 Å². The summed E-state index contributed by atoms with van der Waals surface area (Å²) in [6.07, 6.45) is -0.0120. The van der Waals surface area contributed by atoms with Crippen LogP contribution in [0.5, 0.6) is 6.01 Å². The molecule has 1 saturated heterocycles. The fourth-order valence-corrected chi connectivity index (χ4v) is 2.25. The van der Waals surface area contributed by atoms with Gasteiger partial charge in [-0.15, -0.1) is 0 Å². The van der Waals surface area contributed by atoms with Crippen LogP contribution in [0.3, 0.4) is 0 Å². The lowest BCUT2D eigenvalue weighted by molar-refractivity contribution is 0.0367. The van der Waals surface area contributed by atoms with Crippen molar-refractivity contribution in [3.63, 3.8) is 0 Å². The van der Waals surface area contributed by atoms with Gasteiger partial charge in [-0.25, -0.2) is 0 Å². The minimum absolute atomic E-state index is 0.0120. The zero-order chi connectivity index (χ0) is 15.2. The minimum Gasteiger partial charge on any atom is -0.461 e. The quantitative estimate of drug-likeness (QED) is 0.851. The van der Waals surface area contributed by atoms with Crippen molar-refractivity contribution in [2.75, 3.05) is 38.2 Å². The number of aromatic nitrogens is 3. The normalized spacial score (nSPS) is 17.8. The molecule has 1 N–H and O–H groups in total. The Labute approximate surface area is 130 Å². The maximum atomic E-state index is 5.90. The van der Waals surface area contributed by atoms with Crippen molar-refractivity contribution in [3.05, 3.63) is 5.28 Å². The monoisotopic (exact) mass is 315 g/mol. The fourth-order valence-electron chi connectivity index (χ4n) is 2.10. The molecule has 0 aliphatic carbocycles. The van der Waals surface area contributed by atoms with E-state index in [1.165, 1.54) is 0 Å². The third-order valence-electron chi connectivity index (χ3n) is 2.94.